The summed E-state index contributed by atoms with van der Waals surface area (Å²) in [6.07, 6.45) is -1.75. The average molecular weight is 276 g/mol. The molecule has 2 atom stereocenters. The zero-order valence-electron chi connectivity index (χ0n) is 10.9. The van der Waals surface area contributed by atoms with Crippen LogP contribution in [0.1, 0.15) is 23.3 Å². The summed E-state index contributed by atoms with van der Waals surface area (Å²) in [6.45, 7) is 0. The standard InChI is InChI=1S/C15H16O5/c1-20-15(9-2-4-11(16)5-3-9)14(19)10-6-12(17)8-13(18)7-10/h2-8,14-19H,1H3/t14-,15+/m1/s1. The van der Waals surface area contributed by atoms with Crippen LogP contribution in [0, 0.1) is 0 Å². The van der Waals surface area contributed by atoms with E-state index in [-0.39, 0.29) is 17.2 Å². The number of methoxy groups -OCH3 is 1. The molecule has 0 saturated heterocycles. The van der Waals surface area contributed by atoms with Crippen LogP contribution in [0.15, 0.2) is 42.5 Å². The molecule has 0 unspecified atom stereocenters. The van der Waals surface area contributed by atoms with Crippen molar-refractivity contribution in [1.82, 2.24) is 0 Å². The first-order chi connectivity index (χ1) is 9.51. The first-order valence-corrected chi connectivity index (χ1v) is 6.04. The van der Waals surface area contributed by atoms with Crippen molar-refractivity contribution in [2.24, 2.45) is 0 Å². The van der Waals surface area contributed by atoms with Crippen LogP contribution in [0.3, 0.4) is 0 Å². The third-order valence-corrected chi connectivity index (χ3v) is 3.03. The first-order valence-electron chi connectivity index (χ1n) is 6.04. The van der Waals surface area contributed by atoms with E-state index in [0.29, 0.717) is 11.1 Å². The molecule has 106 valence electrons. The number of rotatable bonds is 4. The molecule has 2 aromatic rings. The number of phenolic OH excluding ortho intramolecular Hbond substituents is 3. The topological polar surface area (TPSA) is 90.2 Å². The van der Waals surface area contributed by atoms with E-state index < -0.39 is 12.2 Å². The summed E-state index contributed by atoms with van der Waals surface area (Å²) in [5, 5.41) is 38.5. The van der Waals surface area contributed by atoms with Gasteiger partial charge in [-0.25, -0.2) is 0 Å². The van der Waals surface area contributed by atoms with E-state index >= 15 is 0 Å². The lowest BCUT2D eigenvalue weighted by atomic mass is 9.97. The van der Waals surface area contributed by atoms with Gasteiger partial charge in [0.1, 0.15) is 29.5 Å². The summed E-state index contributed by atoms with van der Waals surface area (Å²) < 4.78 is 5.28. The van der Waals surface area contributed by atoms with Crippen molar-refractivity contribution < 1.29 is 25.2 Å². The van der Waals surface area contributed by atoms with Crippen LogP contribution in [0.25, 0.3) is 0 Å². The second kappa shape index (κ2) is 5.81. The van der Waals surface area contributed by atoms with E-state index in [1.165, 1.54) is 37.4 Å². The van der Waals surface area contributed by atoms with Crippen molar-refractivity contribution in [2.75, 3.05) is 7.11 Å². The molecule has 4 N–H and O–H groups in total. The van der Waals surface area contributed by atoms with Crippen LogP contribution in [-0.4, -0.2) is 27.5 Å². The van der Waals surface area contributed by atoms with Gasteiger partial charge in [0.15, 0.2) is 0 Å². The van der Waals surface area contributed by atoms with Crippen molar-refractivity contribution >= 4 is 0 Å². The Labute approximate surface area is 116 Å². The molecule has 0 saturated carbocycles. The monoisotopic (exact) mass is 276 g/mol. The van der Waals surface area contributed by atoms with Crippen molar-refractivity contribution in [2.45, 2.75) is 12.2 Å². The molecule has 2 aromatic carbocycles. The number of hydrogen-bond donors (Lipinski definition) is 4. The lowest BCUT2D eigenvalue weighted by molar-refractivity contribution is -0.0151. The molecule has 0 bridgehead atoms. The van der Waals surface area contributed by atoms with Gasteiger partial charge in [0, 0.05) is 13.2 Å². The average Bonchev–Trinajstić information content (AvgIpc) is 2.40. The smallest absolute Gasteiger partial charge is 0.119 e. The van der Waals surface area contributed by atoms with Gasteiger partial charge in [-0.3, -0.25) is 0 Å². The van der Waals surface area contributed by atoms with Crippen molar-refractivity contribution in [3.05, 3.63) is 53.6 Å². The molecule has 5 heteroatoms. The number of aromatic hydroxyl groups is 3. The molecule has 0 aliphatic heterocycles. The Bertz CT molecular complexity index is 559. The Balaban J connectivity index is 2.33. The maximum absolute atomic E-state index is 10.3. The van der Waals surface area contributed by atoms with E-state index in [1.807, 2.05) is 0 Å². The van der Waals surface area contributed by atoms with E-state index in [1.54, 1.807) is 12.1 Å². The van der Waals surface area contributed by atoms with E-state index in [4.69, 9.17) is 4.74 Å². The normalized spacial score (nSPS) is 13.9. The van der Waals surface area contributed by atoms with Gasteiger partial charge >= 0.3 is 0 Å². The fourth-order valence-corrected chi connectivity index (χ4v) is 2.07. The Hall–Kier alpha value is -2.24. The second-order valence-electron chi connectivity index (χ2n) is 4.48. The molecule has 20 heavy (non-hydrogen) atoms. The SMILES string of the molecule is CO[C@@H](c1ccc(O)cc1)[C@H](O)c1cc(O)cc(O)c1. The molecule has 0 aromatic heterocycles. The Kier molecular flexibility index (Phi) is 4.12. The molecule has 0 radical (unpaired) electrons. The summed E-state index contributed by atoms with van der Waals surface area (Å²) in [5.74, 6) is -0.160. The minimum atomic E-state index is -1.07. The molecule has 0 aliphatic rings. The Morgan fingerprint density at radius 3 is 1.85 bits per heavy atom. The number of aliphatic hydroxyl groups excluding tert-OH is 1. The molecule has 0 amide bonds. The van der Waals surface area contributed by atoms with Gasteiger partial charge in [-0.2, -0.15) is 0 Å². The largest absolute Gasteiger partial charge is 0.508 e. The van der Waals surface area contributed by atoms with Gasteiger partial charge in [0.05, 0.1) is 0 Å². The van der Waals surface area contributed by atoms with Crippen LogP contribution in [-0.2, 0) is 4.74 Å². The van der Waals surface area contributed by atoms with Gasteiger partial charge in [-0.1, -0.05) is 12.1 Å². The van der Waals surface area contributed by atoms with Gasteiger partial charge in [0.25, 0.3) is 0 Å². The summed E-state index contributed by atoms with van der Waals surface area (Å²) in [5.41, 5.74) is 1.00. The maximum Gasteiger partial charge on any atom is 0.119 e. The van der Waals surface area contributed by atoms with E-state index in [2.05, 4.69) is 0 Å². The minimum Gasteiger partial charge on any atom is -0.508 e. The number of benzene rings is 2. The fraction of sp³-hybridized carbons (Fsp3) is 0.200. The molecule has 2 rings (SSSR count). The second-order valence-corrected chi connectivity index (χ2v) is 4.48. The van der Waals surface area contributed by atoms with Crippen molar-refractivity contribution in [3.8, 4) is 17.2 Å². The van der Waals surface area contributed by atoms with Crippen molar-refractivity contribution in [1.29, 1.82) is 0 Å². The predicted octanol–water partition coefficient (Wildman–Crippen LogP) is 2.22. The zero-order valence-corrected chi connectivity index (χ0v) is 10.9. The van der Waals surface area contributed by atoms with Crippen molar-refractivity contribution in [3.63, 3.8) is 0 Å². The van der Waals surface area contributed by atoms with Gasteiger partial charge in [-0.15, -0.1) is 0 Å². The summed E-state index contributed by atoms with van der Waals surface area (Å²) in [6, 6.07) is 10.2. The molecular weight excluding hydrogens is 260 g/mol. The molecule has 5 nitrogen and oxygen atoms in total. The third-order valence-electron chi connectivity index (χ3n) is 3.03. The Morgan fingerprint density at radius 2 is 1.35 bits per heavy atom. The van der Waals surface area contributed by atoms with E-state index in [9.17, 15) is 20.4 Å². The number of ether oxygens (including phenoxy) is 1. The number of phenols is 3. The lowest BCUT2D eigenvalue weighted by Gasteiger charge is -2.22. The molecule has 0 heterocycles. The predicted molar refractivity (Wildman–Crippen MR) is 72.6 cm³/mol. The molecular formula is C15H16O5. The Morgan fingerprint density at radius 1 is 0.800 bits per heavy atom. The summed E-state index contributed by atoms with van der Waals surface area (Å²) in [7, 11) is 1.45. The highest BCUT2D eigenvalue weighted by Gasteiger charge is 2.23. The molecule has 0 spiro atoms. The molecule has 0 fully saturated rings. The lowest BCUT2D eigenvalue weighted by Crippen LogP contribution is -2.12. The highest BCUT2D eigenvalue weighted by atomic mass is 16.5. The van der Waals surface area contributed by atoms with Crippen LogP contribution in [0.4, 0.5) is 0 Å². The number of aliphatic hydroxyl groups is 1. The molecule has 0 aliphatic carbocycles. The fourth-order valence-electron chi connectivity index (χ4n) is 2.07. The quantitative estimate of drug-likeness (QED) is 0.687. The van der Waals surface area contributed by atoms with Crippen LogP contribution >= 0.6 is 0 Å². The van der Waals surface area contributed by atoms with Gasteiger partial charge < -0.3 is 25.2 Å². The third kappa shape index (κ3) is 3.01. The summed E-state index contributed by atoms with van der Waals surface area (Å²) >= 11 is 0. The van der Waals surface area contributed by atoms with Crippen LogP contribution in [0.5, 0.6) is 17.2 Å². The van der Waals surface area contributed by atoms with Gasteiger partial charge in [-0.05, 0) is 35.4 Å². The van der Waals surface area contributed by atoms with Crippen LogP contribution < -0.4 is 0 Å². The van der Waals surface area contributed by atoms with Crippen LogP contribution in [0.2, 0.25) is 0 Å². The van der Waals surface area contributed by atoms with Gasteiger partial charge in [0.2, 0.25) is 0 Å². The summed E-state index contributed by atoms with van der Waals surface area (Å²) in [4.78, 5) is 0. The highest BCUT2D eigenvalue weighted by molar-refractivity contribution is 5.39. The number of hydrogen-bond acceptors (Lipinski definition) is 5. The zero-order chi connectivity index (χ0) is 14.7. The first kappa shape index (κ1) is 14.2. The minimum absolute atomic E-state index is 0.119. The highest BCUT2D eigenvalue weighted by Crippen LogP contribution is 2.35. The maximum atomic E-state index is 10.3. The van der Waals surface area contributed by atoms with E-state index in [0.717, 1.165) is 0 Å².